The molecule has 0 aliphatic rings. The number of hydrazone groups is 1. The number of hydrogen-bond donors (Lipinski definition) is 2. The second-order valence-corrected chi connectivity index (χ2v) is 6.60. The molecule has 0 saturated heterocycles. The predicted octanol–water partition coefficient (Wildman–Crippen LogP) is 2.89. The zero-order valence-electron chi connectivity index (χ0n) is 15.7. The van der Waals surface area contributed by atoms with E-state index in [9.17, 15) is 14.9 Å². The van der Waals surface area contributed by atoms with Crippen molar-refractivity contribution >= 4 is 34.3 Å². The number of thiazole rings is 1. The minimum atomic E-state index is -0.549. The van der Waals surface area contributed by atoms with Gasteiger partial charge in [-0.1, -0.05) is 18.3 Å². The number of nitrogen functional groups attached to an aromatic ring is 1. The first kappa shape index (κ1) is 21.1. The molecule has 0 unspecified atom stereocenters. The van der Waals surface area contributed by atoms with E-state index >= 15 is 0 Å². The highest BCUT2D eigenvalue weighted by atomic mass is 32.1. The smallest absolute Gasteiger partial charge is 0.315 e. The molecular formula is C17H21N5O5S. The normalized spacial score (nSPS) is 10.8. The van der Waals surface area contributed by atoms with E-state index in [1.54, 1.807) is 19.9 Å². The predicted molar refractivity (Wildman–Crippen MR) is 106 cm³/mol. The number of carbonyl (C=O) groups excluding carboxylic acids is 1. The van der Waals surface area contributed by atoms with Gasteiger partial charge in [0.25, 0.3) is 5.91 Å². The van der Waals surface area contributed by atoms with Crippen LogP contribution in [0.15, 0.2) is 17.2 Å². The van der Waals surface area contributed by atoms with Gasteiger partial charge in [-0.3, -0.25) is 14.9 Å². The zero-order valence-corrected chi connectivity index (χ0v) is 16.5. The summed E-state index contributed by atoms with van der Waals surface area (Å²) < 4.78 is 11.0. The van der Waals surface area contributed by atoms with Gasteiger partial charge in [-0.15, -0.1) is 0 Å². The molecule has 0 atom stereocenters. The molecular weight excluding hydrogens is 386 g/mol. The molecule has 1 amide bonds. The number of ether oxygens (including phenoxy) is 2. The molecule has 10 nitrogen and oxygen atoms in total. The van der Waals surface area contributed by atoms with Crippen LogP contribution < -0.4 is 20.6 Å². The summed E-state index contributed by atoms with van der Waals surface area (Å²) in [6, 6.07) is 2.87. The van der Waals surface area contributed by atoms with Gasteiger partial charge in [0.05, 0.1) is 30.0 Å². The molecule has 0 aliphatic carbocycles. The van der Waals surface area contributed by atoms with Crippen LogP contribution in [-0.2, 0) is 0 Å². The van der Waals surface area contributed by atoms with Gasteiger partial charge in [-0.2, -0.15) is 5.10 Å². The number of nitrogens with one attached hydrogen (secondary N) is 1. The van der Waals surface area contributed by atoms with E-state index in [4.69, 9.17) is 15.2 Å². The lowest BCUT2D eigenvalue weighted by molar-refractivity contribution is -0.386. The van der Waals surface area contributed by atoms with Crippen LogP contribution in [0.4, 0.5) is 10.8 Å². The Morgan fingerprint density at radius 2 is 2.18 bits per heavy atom. The maximum atomic E-state index is 12.1. The molecule has 3 N–H and O–H groups in total. The van der Waals surface area contributed by atoms with Crippen molar-refractivity contribution in [3.63, 3.8) is 0 Å². The Balaban J connectivity index is 2.26. The maximum absolute atomic E-state index is 12.1. The van der Waals surface area contributed by atoms with Crippen molar-refractivity contribution in [1.82, 2.24) is 10.4 Å². The molecule has 0 bridgehead atoms. The molecule has 2 rings (SSSR count). The number of hydrogen-bond acceptors (Lipinski definition) is 9. The van der Waals surface area contributed by atoms with Crippen LogP contribution in [0.2, 0.25) is 0 Å². The molecule has 1 aromatic heterocycles. The van der Waals surface area contributed by atoms with Crippen molar-refractivity contribution in [2.75, 3.05) is 18.9 Å². The van der Waals surface area contributed by atoms with Gasteiger partial charge in [-0.05, 0) is 26.3 Å². The Kier molecular flexibility index (Phi) is 7.27. The summed E-state index contributed by atoms with van der Waals surface area (Å²) in [5.41, 5.74) is 8.57. The number of aromatic nitrogens is 1. The van der Waals surface area contributed by atoms with E-state index in [2.05, 4.69) is 15.5 Å². The number of nitro benzene ring substituents is 1. The first-order chi connectivity index (χ1) is 13.4. The Morgan fingerprint density at radius 1 is 1.43 bits per heavy atom. The van der Waals surface area contributed by atoms with E-state index in [0.717, 1.165) is 11.3 Å². The SMILES string of the molecule is CCCOc1c(OCC)cc(/C=N\NC(=O)c2sc(N)nc2C)cc1[N+](=O)[O-]. The summed E-state index contributed by atoms with van der Waals surface area (Å²) in [7, 11) is 0. The summed E-state index contributed by atoms with van der Waals surface area (Å²) in [6.07, 6.45) is 1.98. The van der Waals surface area contributed by atoms with Crippen LogP contribution in [0, 0.1) is 17.0 Å². The highest BCUT2D eigenvalue weighted by Gasteiger charge is 2.22. The number of nitrogens with zero attached hydrogens (tertiary/aromatic N) is 3. The first-order valence-corrected chi connectivity index (χ1v) is 9.33. The molecule has 1 heterocycles. The largest absolute Gasteiger partial charge is 0.490 e. The molecule has 11 heteroatoms. The standard InChI is InChI=1S/C17H21N5O5S/c1-4-6-27-14-12(22(24)25)7-11(8-13(14)26-5-2)9-19-21-16(23)15-10(3)20-17(18)28-15/h7-9H,4-6H2,1-3H3,(H2,18,20)(H,21,23)/b19-9-. The van der Waals surface area contributed by atoms with E-state index in [1.807, 2.05) is 6.92 Å². The third-order valence-corrected chi connectivity index (χ3v) is 4.39. The fraction of sp³-hybridized carbons (Fsp3) is 0.353. The Bertz CT molecular complexity index is 896. The van der Waals surface area contributed by atoms with E-state index in [0.29, 0.717) is 35.8 Å². The van der Waals surface area contributed by atoms with Gasteiger partial charge in [0.1, 0.15) is 4.88 Å². The summed E-state index contributed by atoms with van der Waals surface area (Å²) in [4.78, 5) is 27.3. The molecule has 0 radical (unpaired) electrons. The molecule has 1 aromatic carbocycles. The monoisotopic (exact) mass is 407 g/mol. The van der Waals surface area contributed by atoms with Crippen molar-refractivity contribution in [2.24, 2.45) is 5.10 Å². The highest BCUT2D eigenvalue weighted by molar-refractivity contribution is 7.17. The lowest BCUT2D eigenvalue weighted by Gasteiger charge is -2.12. The number of nitrogens with two attached hydrogens (primary N) is 1. The Hall–Kier alpha value is -3.21. The zero-order chi connectivity index (χ0) is 20.7. The van der Waals surface area contributed by atoms with Gasteiger partial charge >= 0.3 is 5.69 Å². The van der Waals surface area contributed by atoms with Crippen LogP contribution >= 0.6 is 11.3 Å². The van der Waals surface area contributed by atoms with Crippen molar-refractivity contribution in [1.29, 1.82) is 0 Å². The van der Waals surface area contributed by atoms with E-state index < -0.39 is 10.8 Å². The number of aryl methyl sites for hydroxylation is 1. The van der Waals surface area contributed by atoms with Gasteiger partial charge in [0.15, 0.2) is 10.9 Å². The molecule has 0 aliphatic heterocycles. The van der Waals surface area contributed by atoms with Crippen molar-refractivity contribution in [2.45, 2.75) is 27.2 Å². The molecule has 0 spiro atoms. The van der Waals surface area contributed by atoms with Crippen LogP contribution in [-0.4, -0.2) is 35.2 Å². The highest BCUT2D eigenvalue weighted by Crippen LogP contribution is 2.38. The quantitative estimate of drug-likeness (QED) is 0.370. The second kappa shape index (κ2) is 9.65. The number of carbonyl (C=O) groups is 1. The van der Waals surface area contributed by atoms with Crippen molar-refractivity contribution in [3.05, 3.63) is 38.4 Å². The molecule has 2 aromatic rings. The fourth-order valence-corrected chi connectivity index (χ4v) is 3.00. The lowest BCUT2D eigenvalue weighted by Crippen LogP contribution is -2.17. The summed E-state index contributed by atoms with van der Waals surface area (Å²) >= 11 is 1.05. The third kappa shape index (κ3) is 5.16. The van der Waals surface area contributed by atoms with Gasteiger partial charge in [-0.25, -0.2) is 10.4 Å². The van der Waals surface area contributed by atoms with Crippen molar-refractivity contribution in [3.8, 4) is 11.5 Å². The van der Waals surface area contributed by atoms with Gasteiger partial charge < -0.3 is 15.2 Å². The Labute approximate surface area is 165 Å². The van der Waals surface area contributed by atoms with Crippen LogP contribution in [0.3, 0.4) is 0 Å². The average molecular weight is 407 g/mol. The average Bonchev–Trinajstić information content (AvgIpc) is 2.98. The number of nitro groups is 1. The molecule has 150 valence electrons. The summed E-state index contributed by atoms with van der Waals surface area (Å²) in [5.74, 6) is -0.153. The number of anilines is 1. The lowest BCUT2D eigenvalue weighted by atomic mass is 10.2. The molecule has 0 saturated carbocycles. The third-order valence-electron chi connectivity index (χ3n) is 3.40. The maximum Gasteiger partial charge on any atom is 0.315 e. The van der Waals surface area contributed by atoms with Gasteiger partial charge in [0, 0.05) is 11.6 Å². The Morgan fingerprint density at radius 3 is 2.75 bits per heavy atom. The molecule has 28 heavy (non-hydrogen) atoms. The molecule has 0 fully saturated rings. The van der Waals surface area contributed by atoms with E-state index in [-0.39, 0.29) is 22.3 Å². The van der Waals surface area contributed by atoms with Crippen LogP contribution in [0.1, 0.15) is 41.2 Å². The van der Waals surface area contributed by atoms with Crippen LogP contribution in [0.25, 0.3) is 0 Å². The fourth-order valence-electron chi connectivity index (χ4n) is 2.27. The number of amides is 1. The minimum Gasteiger partial charge on any atom is -0.490 e. The van der Waals surface area contributed by atoms with Crippen LogP contribution in [0.5, 0.6) is 11.5 Å². The van der Waals surface area contributed by atoms with Gasteiger partial charge in [0.2, 0.25) is 5.75 Å². The van der Waals surface area contributed by atoms with Crippen molar-refractivity contribution < 1.29 is 19.2 Å². The minimum absolute atomic E-state index is 0.0747. The second-order valence-electron chi connectivity index (χ2n) is 5.57. The number of rotatable bonds is 9. The topological polar surface area (TPSA) is 142 Å². The summed E-state index contributed by atoms with van der Waals surface area (Å²) in [6.45, 7) is 5.96. The number of benzene rings is 1. The first-order valence-electron chi connectivity index (χ1n) is 8.51. The summed E-state index contributed by atoms with van der Waals surface area (Å²) in [5, 5.41) is 15.6. The van der Waals surface area contributed by atoms with E-state index in [1.165, 1.54) is 12.3 Å².